The summed E-state index contributed by atoms with van der Waals surface area (Å²) in [5.74, 6) is 6.12. The van der Waals surface area contributed by atoms with Gasteiger partial charge in [0.25, 0.3) is 5.91 Å². The highest BCUT2D eigenvalue weighted by atomic mass is 16.5. The van der Waals surface area contributed by atoms with Crippen LogP contribution < -0.4 is 10.5 Å². The fourth-order valence-corrected chi connectivity index (χ4v) is 1.80. The van der Waals surface area contributed by atoms with Gasteiger partial charge in [0.05, 0.1) is 5.56 Å². The number of amides is 1. The quantitative estimate of drug-likeness (QED) is 0.880. The van der Waals surface area contributed by atoms with Gasteiger partial charge in [-0.3, -0.25) is 4.79 Å². The molecular weight excluding hydrogens is 274 g/mol. The fourth-order valence-electron chi connectivity index (χ4n) is 1.80. The van der Waals surface area contributed by atoms with Crippen LogP contribution in [-0.4, -0.2) is 12.5 Å². The zero-order chi connectivity index (χ0) is 15.8. The molecule has 3 heteroatoms. The van der Waals surface area contributed by atoms with Gasteiger partial charge < -0.3 is 10.5 Å². The Morgan fingerprint density at radius 3 is 2.55 bits per heavy atom. The highest BCUT2D eigenvalue weighted by molar-refractivity contribution is 5.95. The number of ether oxygens (including phenoxy) is 1. The lowest BCUT2D eigenvalue weighted by atomic mass is 10.2. The Kier molecular flexibility index (Phi) is 5.39. The number of carbonyl (C=O) groups excluding carboxylic acids is 1. The monoisotopic (exact) mass is 291 g/mol. The summed E-state index contributed by atoms with van der Waals surface area (Å²) in [5.41, 5.74) is 7.55. The first-order chi connectivity index (χ1) is 10.7. The molecule has 22 heavy (non-hydrogen) atoms. The average Bonchev–Trinajstić information content (AvgIpc) is 2.54. The van der Waals surface area contributed by atoms with Gasteiger partial charge in [-0.05, 0) is 42.8 Å². The molecule has 2 aromatic carbocycles. The Labute approximate surface area is 130 Å². The topological polar surface area (TPSA) is 52.3 Å². The zero-order valence-corrected chi connectivity index (χ0v) is 12.4. The second-order valence-corrected chi connectivity index (χ2v) is 4.67. The number of rotatable bonds is 4. The largest absolute Gasteiger partial charge is 0.489 e. The van der Waals surface area contributed by atoms with Gasteiger partial charge in [0.2, 0.25) is 0 Å². The highest BCUT2D eigenvalue weighted by Crippen LogP contribution is 2.17. The minimum absolute atomic E-state index is 0.333. The Balaban J connectivity index is 1.98. The third-order valence-electron chi connectivity index (χ3n) is 2.96. The van der Waals surface area contributed by atoms with E-state index in [9.17, 15) is 4.79 Å². The summed E-state index contributed by atoms with van der Waals surface area (Å²) in [7, 11) is 0. The standard InChI is InChI=1S/C19H17NO2/c1-15(11-12-16-7-3-2-4-8-16)13-14-22-18-10-6-5-9-17(18)19(20)21/h2-10,13H,14H2,1H3,(H2,20,21). The first-order valence-corrected chi connectivity index (χ1v) is 6.92. The van der Waals surface area contributed by atoms with Crippen molar-refractivity contribution < 1.29 is 9.53 Å². The second kappa shape index (κ2) is 7.70. The molecule has 0 aliphatic carbocycles. The molecule has 3 nitrogen and oxygen atoms in total. The Hall–Kier alpha value is -2.99. The highest BCUT2D eigenvalue weighted by Gasteiger charge is 2.07. The summed E-state index contributed by atoms with van der Waals surface area (Å²) < 4.78 is 5.58. The van der Waals surface area contributed by atoms with Crippen molar-refractivity contribution in [2.45, 2.75) is 6.92 Å². The van der Waals surface area contributed by atoms with Crippen molar-refractivity contribution in [1.29, 1.82) is 0 Å². The number of para-hydroxylation sites is 1. The molecule has 0 aliphatic heterocycles. The first-order valence-electron chi connectivity index (χ1n) is 6.92. The molecule has 0 radical (unpaired) electrons. The third-order valence-corrected chi connectivity index (χ3v) is 2.96. The van der Waals surface area contributed by atoms with Gasteiger partial charge in [-0.1, -0.05) is 42.2 Å². The van der Waals surface area contributed by atoms with Crippen LogP contribution >= 0.6 is 0 Å². The van der Waals surface area contributed by atoms with Gasteiger partial charge in [-0.25, -0.2) is 0 Å². The van der Waals surface area contributed by atoms with Gasteiger partial charge in [0.1, 0.15) is 12.4 Å². The molecule has 0 aliphatic rings. The second-order valence-electron chi connectivity index (χ2n) is 4.67. The minimum atomic E-state index is -0.500. The van der Waals surface area contributed by atoms with Crippen molar-refractivity contribution in [3.05, 3.63) is 77.4 Å². The molecule has 0 saturated heterocycles. The number of hydrogen-bond donors (Lipinski definition) is 1. The summed E-state index contributed by atoms with van der Waals surface area (Å²) in [6.07, 6.45) is 1.87. The first kappa shape index (κ1) is 15.4. The van der Waals surface area contributed by atoms with Crippen LogP contribution in [0.3, 0.4) is 0 Å². The average molecular weight is 291 g/mol. The summed E-state index contributed by atoms with van der Waals surface area (Å²) in [4.78, 5) is 11.3. The molecule has 0 saturated carbocycles. The van der Waals surface area contributed by atoms with E-state index < -0.39 is 5.91 Å². The van der Waals surface area contributed by atoms with Gasteiger partial charge in [-0.2, -0.15) is 0 Å². The minimum Gasteiger partial charge on any atom is -0.489 e. The number of allylic oxidation sites excluding steroid dienone is 1. The van der Waals surface area contributed by atoms with Crippen molar-refractivity contribution in [3.63, 3.8) is 0 Å². The van der Waals surface area contributed by atoms with Gasteiger partial charge in [-0.15, -0.1) is 0 Å². The van der Waals surface area contributed by atoms with Crippen LogP contribution in [0.2, 0.25) is 0 Å². The molecular formula is C19H17NO2. The molecule has 1 amide bonds. The number of nitrogens with two attached hydrogens (primary N) is 1. The van der Waals surface area contributed by atoms with E-state index in [4.69, 9.17) is 10.5 Å². The molecule has 0 unspecified atom stereocenters. The van der Waals surface area contributed by atoms with Crippen LogP contribution in [0.15, 0.2) is 66.2 Å². The van der Waals surface area contributed by atoms with Gasteiger partial charge >= 0.3 is 0 Å². The maximum atomic E-state index is 11.3. The van der Waals surface area contributed by atoms with Crippen molar-refractivity contribution in [2.75, 3.05) is 6.61 Å². The van der Waals surface area contributed by atoms with Crippen LogP contribution in [0.5, 0.6) is 5.75 Å². The fraction of sp³-hybridized carbons (Fsp3) is 0.105. The van der Waals surface area contributed by atoms with Crippen LogP contribution in [0.4, 0.5) is 0 Å². The van der Waals surface area contributed by atoms with Crippen molar-refractivity contribution in [1.82, 2.24) is 0 Å². The predicted octanol–water partition coefficient (Wildman–Crippen LogP) is 3.16. The van der Waals surface area contributed by atoms with E-state index in [2.05, 4.69) is 11.8 Å². The van der Waals surface area contributed by atoms with E-state index in [1.807, 2.05) is 43.3 Å². The number of primary amides is 1. The maximum absolute atomic E-state index is 11.3. The predicted molar refractivity (Wildman–Crippen MR) is 87.5 cm³/mol. The van der Waals surface area contributed by atoms with Crippen molar-refractivity contribution in [2.24, 2.45) is 5.73 Å². The van der Waals surface area contributed by atoms with Crippen LogP contribution in [0.25, 0.3) is 0 Å². The van der Waals surface area contributed by atoms with Crippen LogP contribution in [-0.2, 0) is 0 Å². The molecule has 110 valence electrons. The number of hydrogen-bond acceptors (Lipinski definition) is 2. The Morgan fingerprint density at radius 1 is 1.14 bits per heavy atom. The van der Waals surface area contributed by atoms with Crippen LogP contribution in [0.1, 0.15) is 22.8 Å². The lowest BCUT2D eigenvalue weighted by molar-refractivity contribution is 0.0997. The summed E-state index contributed by atoms with van der Waals surface area (Å²) >= 11 is 0. The van der Waals surface area contributed by atoms with E-state index in [0.29, 0.717) is 17.9 Å². The SMILES string of the molecule is CC(C#Cc1ccccc1)=CCOc1ccccc1C(N)=O. The number of carbonyl (C=O) groups is 1. The lowest BCUT2D eigenvalue weighted by Gasteiger charge is -2.07. The van der Waals surface area contributed by atoms with E-state index >= 15 is 0 Å². The third kappa shape index (κ3) is 4.53. The molecule has 0 spiro atoms. The van der Waals surface area contributed by atoms with Gasteiger partial charge in [0.15, 0.2) is 0 Å². The number of benzene rings is 2. The maximum Gasteiger partial charge on any atom is 0.252 e. The van der Waals surface area contributed by atoms with E-state index in [0.717, 1.165) is 11.1 Å². The summed E-state index contributed by atoms with van der Waals surface area (Å²) in [5, 5.41) is 0. The molecule has 2 aromatic rings. The summed E-state index contributed by atoms with van der Waals surface area (Å²) in [6, 6.07) is 16.7. The molecule has 2 N–H and O–H groups in total. The molecule has 0 atom stereocenters. The molecule has 2 rings (SSSR count). The van der Waals surface area contributed by atoms with Crippen molar-refractivity contribution in [3.8, 4) is 17.6 Å². The van der Waals surface area contributed by atoms with E-state index in [1.54, 1.807) is 24.3 Å². The van der Waals surface area contributed by atoms with E-state index in [-0.39, 0.29) is 0 Å². The molecule has 0 aromatic heterocycles. The Morgan fingerprint density at radius 2 is 1.82 bits per heavy atom. The van der Waals surface area contributed by atoms with Crippen LogP contribution in [0, 0.1) is 11.8 Å². The summed E-state index contributed by atoms with van der Waals surface area (Å²) in [6.45, 7) is 2.25. The lowest BCUT2D eigenvalue weighted by Crippen LogP contribution is -2.13. The molecule has 0 fully saturated rings. The molecule has 0 heterocycles. The zero-order valence-electron chi connectivity index (χ0n) is 12.4. The van der Waals surface area contributed by atoms with Crippen molar-refractivity contribution >= 4 is 5.91 Å². The van der Waals surface area contributed by atoms with Gasteiger partial charge in [0, 0.05) is 5.56 Å². The smallest absolute Gasteiger partial charge is 0.252 e. The van der Waals surface area contributed by atoms with E-state index in [1.165, 1.54) is 0 Å². The Bertz CT molecular complexity index is 737. The normalized spacial score (nSPS) is 10.5. The molecule has 0 bridgehead atoms.